The van der Waals surface area contributed by atoms with Crippen molar-refractivity contribution < 1.29 is 13.2 Å². The summed E-state index contributed by atoms with van der Waals surface area (Å²) in [5.74, 6) is 0.598. The minimum Gasteiger partial charge on any atom is -0.338 e. The average Bonchev–Trinajstić information content (AvgIpc) is 2.72. The monoisotopic (exact) mass is 400 g/mol. The van der Waals surface area contributed by atoms with E-state index in [1.165, 1.54) is 10.7 Å². The summed E-state index contributed by atoms with van der Waals surface area (Å²) >= 11 is 0. The second-order valence-electron chi connectivity index (χ2n) is 7.44. The topological polar surface area (TPSA) is 57.7 Å². The Morgan fingerprint density at radius 2 is 1.79 bits per heavy atom. The maximum atomic E-state index is 12.8. The van der Waals surface area contributed by atoms with Gasteiger partial charge >= 0.3 is 0 Å². The first-order valence-electron chi connectivity index (χ1n) is 9.85. The molecule has 1 heterocycles. The van der Waals surface area contributed by atoms with Crippen LogP contribution >= 0.6 is 0 Å². The van der Waals surface area contributed by atoms with E-state index in [9.17, 15) is 13.2 Å². The maximum absolute atomic E-state index is 12.8. The highest BCUT2D eigenvalue weighted by atomic mass is 32.2. The molecular formula is C22H28N2O3S. The summed E-state index contributed by atoms with van der Waals surface area (Å²) < 4.78 is 27.1. The molecule has 0 aliphatic carbocycles. The van der Waals surface area contributed by atoms with Crippen LogP contribution in [0, 0.1) is 5.92 Å². The van der Waals surface area contributed by atoms with Gasteiger partial charge in [-0.3, -0.25) is 4.79 Å². The van der Waals surface area contributed by atoms with Gasteiger partial charge in [-0.2, -0.15) is 4.31 Å². The summed E-state index contributed by atoms with van der Waals surface area (Å²) in [6, 6.07) is 15.8. The molecule has 150 valence electrons. The van der Waals surface area contributed by atoms with Crippen LogP contribution in [0.4, 0.5) is 0 Å². The zero-order chi connectivity index (χ0) is 20.1. The third-order valence-electron chi connectivity index (χ3n) is 5.24. The van der Waals surface area contributed by atoms with E-state index in [2.05, 4.69) is 6.92 Å². The molecule has 28 heavy (non-hydrogen) atoms. The Morgan fingerprint density at radius 1 is 1.11 bits per heavy atom. The van der Waals surface area contributed by atoms with Gasteiger partial charge in [0.15, 0.2) is 0 Å². The van der Waals surface area contributed by atoms with Crippen molar-refractivity contribution >= 4 is 15.9 Å². The molecule has 2 aromatic carbocycles. The van der Waals surface area contributed by atoms with Crippen LogP contribution in [0.25, 0.3) is 0 Å². The number of amides is 1. The van der Waals surface area contributed by atoms with E-state index in [0.717, 1.165) is 25.1 Å². The summed E-state index contributed by atoms with van der Waals surface area (Å²) in [6.45, 7) is 6.28. The number of piperidine rings is 1. The van der Waals surface area contributed by atoms with E-state index in [0.29, 0.717) is 22.9 Å². The van der Waals surface area contributed by atoms with Crippen molar-refractivity contribution in [2.24, 2.45) is 5.92 Å². The van der Waals surface area contributed by atoms with Gasteiger partial charge in [0.1, 0.15) is 0 Å². The van der Waals surface area contributed by atoms with E-state index in [4.69, 9.17) is 0 Å². The van der Waals surface area contributed by atoms with Gasteiger partial charge in [-0.15, -0.1) is 0 Å². The van der Waals surface area contributed by atoms with Gasteiger partial charge in [0.05, 0.1) is 4.90 Å². The summed E-state index contributed by atoms with van der Waals surface area (Å²) in [5, 5.41) is 0. The van der Waals surface area contributed by atoms with Crippen LogP contribution < -0.4 is 0 Å². The highest BCUT2D eigenvalue weighted by Gasteiger charge is 2.24. The highest BCUT2D eigenvalue weighted by molar-refractivity contribution is 7.89. The van der Waals surface area contributed by atoms with Crippen molar-refractivity contribution in [3.63, 3.8) is 0 Å². The Balaban J connectivity index is 1.71. The number of rotatable bonds is 6. The first-order valence-corrected chi connectivity index (χ1v) is 11.3. The molecule has 0 radical (unpaired) electrons. The van der Waals surface area contributed by atoms with Crippen LogP contribution in [0.15, 0.2) is 59.5 Å². The lowest BCUT2D eigenvalue weighted by atomic mass is 9.99. The standard InChI is InChI=1S/C22H28N2O3S/c1-3-24(28(26,27)21-9-5-4-6-10-21)17-19-11-13-20(14-12-19)22(25)23-15-7-8-18(2)16-23/h4-6,9-14,18H,3,7-8,15-17H2,1-2H3/t18-/m1/s1. The molecule has 5 nitrogen and oxygen atoms in total. The summed E-state index contributed by atoms with van der Waals surface area (Å²) in [4.78, 5) is 14.9. The van der Waals surface area contributed by atoms with E-state index < -0.39 is 10.0 Å². The fourth-order valence-electron chi connectivity index (χ4n) is 3.62. The molecule has 0 bridgehead atoms. The number of likely N-dealkylation sites (tertiary alicyclic amines) is 1. The largest absolute Gasteiger partial charge is 0.338 e. The fraction of sp³-hybridized carbons (Fsp3) is 0.409. The Bertz CT molecular complexity index is 895. The molecule has 0 unspecified atom stereocenters. The van der Waals surface area contributed by atoms with Crippen LogP contribution in [0.5, 0.6) is 0 Å². The molecule has 1 amide bonds. The number of sulfonamides is 1. The third kappa shape index (κ3) is 4.62. The van der Waals surface area contributed by atoms with Crippen molar-refractivity contribution in [2.45, 2.75) is 38.1 Å². The first-order chi connectivity index (χ1) is 13.4. The van der Waals surface area contributed by atoms with Crippen LogP contribution in [-0.2, 0) is 16.6 Å². The van der Waals surface area contributed by atoms with Crippen molar-refractivity contribution in [3.8, 4) is 0 Å². The second-order valence-corrected chi connectivity index (χ2v) is 9.38. The number of carbonyl (C=O) groups is 1. The summed E-state index contributed by atoms with van der Waals surface area (Å²) in [7, 11) is -3.54. The van der Waals surface area contributed by atoms with E-state index in [1.54, 1.807) is 42.5 Å². The minimum absolute atomic E-state index is 0.0577. The van der Waals surface area contributed by atoms with Gasteiger partial charge in [0, 0.05) is 31.7 Å². The zero-order valence-electron chi connectivity index (χ0n) is 16.5. The molecule has 1 saturated heterocycles. The number of hydrogen-bond acceptors (Lipinski definition) is 3. The minimum atomic E-state index is -3.54. The number of benzene rings is 2. The van der Waals surface area contributed by atoms with Crippen molar-refractivity contribution in [1.82, 2.24) is 9.21 Å². The van der Waals surface area contributed by atoms with Gasteiger partial charge in [-0.1, -0.05) is 44.2 Å². The molecule has 0 spiro atoms. The van der Waals surface area contributed by atoms with E-state index in [-0.39, 0.29) is 12.5 Å². The van der Waals surface area contributed by atoms with Crippen molar-refractivity contribution in [1.29, 1.82) is 0 Å². The molecule has 0 aromatic heterocycles. The van der Waals surface area contributed by atoms with E-state index in [1.807, 2.05) is 24.0 Å². The molecule has 3 rings (SSSR count). The fourth-order valence-corrected chi connectivity index (χ4v) is 5.08. The summed E-state index contributed by atoms with van der Waals surface area (Å²) in [6.07, 6.45) is 2.22. The highest BCUT2D eigenvalue weighted by Crippen LogP contribution is 2.20. The molecule has 1 aliphatic rings. The van der Waals surface area contributed by atoms with Gasteiger partial charge in [0.25, 0.3) is 5.91 Å². The predicted molar refractivity (Wildman–Crippen MR) is 110 cm³/mol. The molecule has 0 saturated carbocycles. The summed E-state index contributed by atoms with van der Waals surface area (Å²) in [5.41, 5.74) is 1.52. The molecule has 2 aromatic rings. The predicted octanol–water partition coefficient (Wildman–Crippen LogP) is 3.77. The lowest BCUT2D eigenvalue weighted by Crippen LogP contribution is -2.39. The van der Waals surface area contributed by atoms with Gasteiger partial charge < -0.3 is 4.90 Å². The van der Waals surface area contributed by atoms with Crippen LogP contribution in [0.2, 0.25) is 0 Å². The van der Waals surface area contributed by atoms with Crippen LogP contribution in [-0.4, -0.2) is 43.2 Å². The van der Waals surface area contributed by atoms with Crippen LogP contribution in [0.1, 0.15) is 42.6 Å². The molecule has 1 aliphatic heterocycles. The van der Waals surface area contributed by atoms with Crippen LogP contribution in [0.3, 0.4) is 0 Å². The smallest absolute Gasteiger partial charge is 0.253 e. The lowest BCUT2D eigenvalue weighted by Gasteiger charge is -2.31. The van der Waals surface area contributed by atoms with Crippen molar-refractivity contribution in [2.75, 3.05) is 19.6 Å². The van der Waals surface area contributed by atoms with Gasteiger partial charge in [-0.25, -0.2) is 8.42 Å². The second kappa shape index (κ2) is 8.88. The zero-order valence-corrected chi connectivity index (χ0v) is 17.4. The Morgan fingerprint density at radius 3 is 2.39 bits per heavy atom. The lowest BCUT2D eigenvalue weighted by molar-refractivity contribution is 0.0683. The maximum Gasteiger partial charge on any atom is 0.253 e. The Kier molecular flexibility index (Phi) is 6.52. The quantitative estimate of drug-likeness (QED) is 0.742. The Hall–Kier alpha value is -2.18. The Labute approximate surface area is 168 Å². The average molecular weight is 401 g/mol. The van der Waals surface area contributed by atoms with E-state index >= 15 is 0 Å². The molecular weight excluding hydrogens is 372 g/mol. The number of hydrogen-bond donors (Lipinski definition) is 0. The van der Waals surface area contributed by atoms with Gasteiger partial charge in [0.2, 0.25) is 10.0 Å². The molecule has 1 fully saturated rings. The van der Waals surface area contributed by atoms with Crippen molar-refractivity contribution in [3.05, 3.63) is 65.7 Å². The SMILES string of the molecule is CCN(Cc1ccc(C(=O)N2CCC[C@@H](C)C2)cc1)S(=O)(=O)c1ccccc1. The third-order valence-corrected chi connectivity index (χ3v) is 7.17. The normalized spacial score (nSPS) is 17.7. The molecule has 1 atom stereocenters. The first kappa shape index (κ1) is 20.6. The number of carbonyl (C=O) groups excluding carboxylic acids is 1. The number of nitrogens with zero attached hydrogens (tertiary/aromatic N) is 2. The molecule has 0 N–H and O–H groups in total. The van der Waals surface area contributed by atoms with Gasteiger partial charge in [-0.05, 0) is 48.6 Å². The molecule has 6 heteroatoms.